The van der Waals surface area contributed by atoms with Crippen molar-refractivity contribution in [1.82, 2.24) is 5.32 Å². The number of unbranched alkanes of at least 4 members (excludes halogenated alkanes) is 8. The highest BCUT2D eigenvalue weighted by atomic mass is 31.2. The van der Waals surface area contributed by atoms with Crippen LogP contribution in [0.15, 0.2) is 97.2 Å². The summed E-state index contributed by atoms with van der Waals surface area (Å²) in [6.45, 7) is 2.36. The van der Waals surface area contributed by atoms with Crippen molar-refractivity contribution in [2.24, 2.45) is 0 Å². The molecule has 12 heteroatoms. The van der Waals surface area contributed by atoms with Crippen LogP contribution in [0.5, 0.6) is 0 Å². The predicted octanol–water partition coefficient (Wildman–Crippen LogP) is 10.9. The van der Waals surface area contributed by atoms with Gasteiger partial charge in [-0.1, -0.05) is 143 Å². The number of aliphatic hydroxyl groups excluding tert-OH is 1. The molecule has 0 saturated carbocycles. The predicted molar refractivity (Wildman–Crippen MR) is 235 cm³/mol. The fourth-order valence-corrected chi connectivity index (χ4v) is 5.82. The molecular weight excluding hydrogens is 757 g/mol. The number of phosphoric acid groups is 1. The Morgan fingerprint density at radius 3 is 1.55 bits per heavy atom. The van der Waals surface area contributed by atoms with Gasteiger partial charge in [-0.05, 0) is 83.5 Å². The van der Waals surface area contributed by atoms with Crippen molar-refractivity contribution >= 4 is 25.7 Å². The summed E-state index contributed by atoms with van der Waals surface area (Å²) in [6, 6.07) is -1.58. The van der Waals surface area contributed by atoms with Gasteiger partial charge in [0.1, 0.15) is 12.7 Å². The first-order chi connectivity index (χ1) is 28.1. The topological polar surface area (TPSA) is 169 Å². The molecule has 0 aromatic rings. The number of carboxylic acids is 1. The van der Waals surface area contributed by atoms with E-state index in [4.69, 9.17) is 13.8 Å². The average Bonchev–Trinajstić information content (AvgIpc) is 3.20. The number of carbonyl (C=O) groups is 3. The summed E-state index contributed by atoms with van der Waals surface area (Å²) < 4.78 is 26.7. The van der Waals surface area contributed by atoms with Gasteiger partial charge >= 0.3 is 19.8 Å². The number of carbonyl (C=O) groups excluding carboxylic acids is 2. The molecule has 328 valence electrons. The van der Waals surface area contributed by atoms with Crippen molar-refractivity contribution < 1.29 is 47.8 Å². The summed E-state index contributed by atoms with van der Waals surface area (Å²) in [5.41, 5.74) is 0. The SMILES string of the molecule is CC/C=C\C/C=C\C/C=C\C/C=C\C/C=C\C/C=C\C/C=C\CCCC(=O)NC(COP(=O)(O)OCC(O)COC(=O)CCCCCCC/C=C\CCCC)C(=O)O. The molecule has 0 aliphatic rings. The lowest BCUT2D eigenvalue weighted by Gasteiger charge is -2.18. The van der Waals surface area contributed by atoms with Gasteiger partial charge in [0.2, 0.25) is 5.91 Å². The minimum atomic E-state index is -4.78. The first kappa shape index (κ1) is 54.4. The molecule has 3 atom stereocenters. The summed E-state index contributed by atoms with van der Waals surface area (Å²) in [5.74, 6) is -2.48. The van der Waals surface area contributed by atoms with E-state index in [2.05, 4.69) is 104 Å². The summed E-state index contributed by atoms with van der Waals surface area (Å²) in [5, 5.41) is 21.7. The van der Waals surface area contributed by atoms with Gasteiger partial charge in [-0.2, -0.15) is 0 Å². The number of aliphatic hydroxyl groups is 1. The second-order valence-electron chi connectivity index (χ2n) is 13.8. The molecule has 11 nitrogen and oxygen atoms in total. The van der Waals surface area contributed by atoms with Crippen molar-refractivity contribution in [2.45, 2.75) is 154 Å². The molecule has 0 fully saturated rings. The van der Waals surface area contributed by atoms with E-state index in [1.165, 1.54) is 12.8 Å². The fraction of sp³-hybridized carbons (Fsp3) is 0.587. The van der Waals surface area contributed by atoms with Crippen LogP contribution in [0.4, 0.5) is 0 Å². The Morgan fingerprint density at radius 2 is 1.02 bits per heavy atom. The van der Waals surface area contributed by atoms with E-state index in [0.717, 1.165) is 83.5 Å². The van der Waals surface area contributed by atoms with E-state index >= 15 is 0 Å². The minimum Gasteiger partial charge on any atom is -0.480 e. The molecule has 3 unspecified atom stereocenters. The van der Waals surface area contributed by atoms with Gasteiger partial charge in [0.05, 0.1) is 13.2 Å². The number of hydrogen-bond acceptors (Lipinski definition) is 8. The van der Waals surface area contributed by atoms with Crippen LogP contribution in [0.25, 0.3) is 0 Å². The van der Waals surface area contributed by atoms with Gasteiger partial charge in [-0.15, -0.1) is 0 Å². The third kappa shape index (κ3) is 39.2. The highest BCUT2D eigenvalue weighted by Crippen LogP contribution is 2.43. The summed E-state index contributed by atoms with van der Waals surface area (Å²) in [4.78, 5) is 45.8. The highest BCUT2D eigenvalue weighted by Gasteiger charge is 2.28. The van der Waals surface area contributed by atoms with Gasteiger partial charge in [0, 0.05) is 12.8 Å². The number of ether oxygens (including phenoxy) is 1. The molecular formula is C46H74NO10P. The van der Waals surface area contributed by atoms with Crippen molar-refractivity contribution in [3.63, 3.8) is 0 Å². The van der Waals surface area contributed by atoms with Crippen LogP contribution < -0.4 is 5.32 Å². The highest BCUT2D eigenvalue weighted by molar-refractivity contribution is 7.47. The Bertz CT molecular complexity index is 1350. The average molecular weight is 832 g/mol. The molecule has 0 aromatic heterocycles. The number of esters is 1. The van der Waals surface area contributed by atoms with Crippen LogP contribution in [0, 0.1) is 0 Å². The number of aliphatic carboxylic acids is 1. The first-order valence-electron chi connectivity index (χ1n) is 21.3. The Balaban J connectivity index is 4.06. The molecule has 0 spiro atoms. The maximum atomic E-state index is 12.3. The van der Waals surface area contributed by atoms with E-state index in [9.17, 15) is 34.1 Å². The zero-order valence-electron chi connectivity index (χ0n) is 35.3. The smallest absolute Gasteiger partial charge is 0.472 e. The molecule has 0 radical (unpaired) electrons. The van der Waals surface area contributed by atoms with Gasteiger partial charge in [-0.3, -0.25) is 18.6 Å². The van der Waals surface area contributed by atoms with Crippen LogP contribution in [0.2, 0.25) is 0 Å². The number of rotatable bonds is 38. The number of hydrogen-bond donors (Lipinski definition) is 4. The van der Waals surface area contributed by atoms with Crippen molar-refractivity contribution in [2.75, 3.05) is 19.8 Å². The number of nitrogens with one attached hydrogen (secondary N) is 1. The first-order valence-corrected chi connectivity index (χ1v) is 22.8. The van der Waals surface area contributed by atoms with Crippen LogP contribution in [0.1, 0.15) is 142 Å². The third-order valence-corrected chi connectivity index (χ3v) is 9.31. The molecule has 0 bridgehead atoms. The molecule has 0 saturated heterocycles. The number of amides is 1. The Morgan fingerprint density at radius 1 is 0.569 bits per heavy atom. The van der Waals surface area contributed by atoms with E-state index in [0.29, 0.717) is 19.3 Å². The standard InChI is InChI=1S/C46H74NO10P/c1-3-5-7-9-11-13-15-16-17-18-19-20-21-22-23-24-25-26-28-29-31-33-35-37-44(49)47-43(46(51)52)41-57-58(53,54)56-40-42(48)39-55-45(50)38-36-34-32-30-27-14-12-10-8-6-4-2/h5,7,10-13,16-17,19-20,22-23,25-26,29,31,42-43,48H,3-4,6,8-9,14-15,18,21,24,27-28,30,32-41H2,1-2H3,(H,47,49)(H,51,52)(H,53,54)/b7-5-,12-10-,13-11-,17-16-,20-19-,23-22-,26-25-,31-29-. The summed E-state index contributed by atoms with van der Waals surface area (Å²) in [6.07, 6.45) is 50.2. The molecule has 0 rings (SSSR count). The summed E-state index contributed by atoms with van der Waals surface area (Å²) >= 11 is 0. The van der Waals surface area contributed by atoms with Crippen LogP contribution in [-0.2, 0) is 32.7 Å². The van der Waals surface area contributed by atoms with E-state index < -0.39 is 57.6 Å². The molecule has 0 aliphatic heterocycles. The van der Waals surface area contributed by atoms with E-state index in [1.54, 1.807) is 0 Å². The Hall–Kier alpha value is -3.60. The molecule has 0 heterocycles. The van der Waals surface area contributed by atoms with Crippen LogP contribution >= 0.6 is 7.82 Å². The van der Waals surface area contributed by atoms with Crippen molar-refractivity contribution in [3.05, 3.63) is 97.2 Å². The number of phosphoric ester groups is 1. The molecule has 0 aromatic carbocycles. The molecule has 58 heavy (non-hydrogen) atoms. The minimum absolute atomic E-state index is 0.0588. The van der Waals surface area contributed by atoms with Gasteiger partial charge < -0.3 is 25.2 Å². The van der Waals surface area contributed by atoms with E-state index in [1.807, 2.05) is 12.2 Å². The number of carboxylic acid groups (broad SMARTS) is 1. The lowest BCUT2D eigenvalue weighted by molar-refractivity contribution is -0.147. The molecule has 4 N–H and O–H groups in total. The van der Waals surface area contributed by atoms with Gasteiger partial charge in [0.25, 0.3) is 0 Å². The van der Waals surface area contributed by atoms with Crippen molar-refractivity contribution in [3.8, 4) is 0 Å². The van der Waals surface area contributed by atoms with Crippen LogP contribution in [0.3, 0.4) is 0 Å². The van der Waals surface area contributed by atoms with E-state index in [-0.39, 0.29) is 12.8 Å². The monoisotopic (exact) mass is 832 g/mol. The normalized spacial score (nSPS) is 14.7. The lowest BCUT2D eigenvalue weighted by atomic mass is 10.1. The van der Waals surface area contributed by atoms with Gasteiger partial charge in [-0.25, -0.2) is 9.36 Å². The maximum Gasteiger partial charge on any atom is 0.472 e. The maximum absolute atomic E-state index is 12.3. The molecule has 1 amide bonds. The fourth-order valence-electron chi connectivity index (χ4n) is 5.05. The number of allylic oxidation sites excluding steroid dienone is 16. The second kappa shape index (κ2) is 40.2. The third-order valence-electron chi connectivity index (χ3n) is 8.36. The Labute approximate surface area is 349 Å². The Kier molecular flexibility index (Phi) is 37.7. The lowest BCUT2D eigenvalue weighted by Crippen LogP contribution is -2.43. The van der Waals surface area contributed by atoms with Crippen LogP contribution in [-0.4, -0.2) is 64.9 Å². The zero-order valence-corrected chi connectivity index (χ0v) is 36.2. The largest absolute Gasteiger partial charge is 0.480 e. The van der Waals surface area contributed by atoms with Crippen molar-refractivity contribution in [1.29, 1.82) is 0 Å². The quantitative estimate of drug-likeness (QED) is 0.0203. The molecule has 0 aliphatic carbocycles. The zero-order chi connectivity index (χ0) is 42.8. The summed E-state index contributed by atoms with van der Waals surface area (Å²) in [7, 11) is -4.78. The second-order valence-corrected chi connectivity index (χ2v) is 15.2. The van der Waals surface area contributed by atoms with Gasteiger partial charge in [0.15, 0.2) is 6.04 Å².